The second-order valence-corrected chi connectivity index (χ2v) is 5.59. The van der Waals surface area contributed by atoms with Gasteiger partial charge in [0.1, 0.15) is 10.5 Å². The highest BCUT2D eigenvalue weighted by Gasteiger charge is 2.24. The maximum atomic E-state index is 5.25. The molecule has 1 aromatic rings. The number of nitrogens with one attached hydrogen (secondary N) is 1. The largest absolute Gasteiger partial charge is 0.378 e. The zero-order valence-electron chi connectivity index (χ0n) is 11.8. The van der Waals surface area contributed by atoms with E-state index in [4.69, 9.17) is 17.0 Å². The molecule has 2 rings (SSSR count). The molecule has 0 bridgehead atoms. The molecule has 19 heavy (non-hydrogen) atoms. The molecule has 5 nitrogen and oxygen atoms in total. The molecule has 0 saturated carbocycles. The van der Waals surface area contributed by atoms with E-state index >= 15 is 0 Å². The van der Waals surface area contributed by atoms with Gasteiger partial charge in [0.15, 0.2) is 0 Å². The van der Waals surface area contributed by atoms with E-state index in [1.807, 2.05) is 6.07 Å². The highest BCUT2D eigenvalue weighted by atomic mass is 32.1. The van der Waals surface area contributed by atoms with Gasteiger partial charge in [0, 0.05) is 19.3 Å². The van der Waals surface area contributed by atoms with Gasteiger partial charge in [0.05, 0.1) is 12.6 Å². The Balaban J connectivity index is 2.30. The third kappa shape index (κ3) is 3.82. The Labute approximate surface area is 119 Å². The van der Waals surface area contributed by atoms with E-state index in [0.29, 0.717) is 11.2 Å². The van der Waals surface area contributed by atoms with Crippen molar-refractivity contribution in [2.75, 3.05) is 40.8 Å². The molecule has 0 aliphatic carbocycles. The van der Waals surface area contributed by atoms with Crippen LogP contribution >= 0.6 is 12.2 Å². The molecule has 1 aromatic heterocycles. The lowest BCUT2D eigenvalue weighted by atomic mass is 10.2. The first-order valence-electron chi connectivity index (χ1n) is 6.58. The summed E-state index contributed by atoms with van der Waals surface area (Å²) in [7, 11) is 5.98. The zero-order valence-corrected chi connectivity index (χ0v) is 12.7. The average Bonchev–Trinajstić information content (AvgIpc) is 2.51. The molecular weight excluding hydrogens is 260 g/mol. The van der Waals surface area contributed by atoms with Crippen LogP contribution in [-0.2, 0) is 11.3 Å². The molecular formula is C13H22N4OS. The molecule has 1 unspecified atom stereocenters. The van der Waals surface area contributed by atoms with Crippen molar-refractivity contribution in [3.8, 4) is 0 Å². The fourth-order valence-electron chi connectivity index (χ4n) is 2.49. The molecule has 1 aliphatic heterocycles. The van der Waals surface area contributed by atoms with Gasteiger partial charge < -0.3 is 14.6 Å². The molecule has 0 radical (unpaired) electrons. The van der Waals surface area contributed by atoms with Crippen LogP contribution in [0.5, 0.6) is 0 Å². The van der Waals surface area contributed by atoms with Crippen LogP contribution < -0.4 is 0 Å². The van der Waals surface area contributed by atoms with Crippen molar-refractivity contribution in [1.82, 2.24) is 19.8 Å². The predicted octanol–water partition coefficient (Wildman–Crippen LogP) is 1.59. The number of hydrogen-bond acceptors (Lipinski definition) is 5. The third-order valence-corrected chi connectivity index (χ3v) is 3.71. The van der Waals surface area contributed by atoms with Crippen LogP contribution in [-0.4, -0.2) is 60.6 Å². The van der Waals surface area contributed by atoms with Crippen LogP contribution in [0.4, 0.5) is 0 Å². The number of ether oxygens (including phenoxy) is 1. The Hall–Kier alpha value is -0.820. The monoisotopic (exact) mass is 282 g/mol. The second-order valence-electron chi connectivity index (χ2n) is 5.18. The number of methoxy groups -OCH3 is 1. The van der Waals surface area contributed by atoms with Crippen LogP contribution in [0.2, 0.25) is 0 Å². The summed E-state index contributed by atoms with van der Waals surface area (Å²) in [6, 6.07) is 2.12. The summed E-state index contributed by atoms with van der Waals surface area (Å²) < 4.78 is 5.79. The first kappa shape index (κ1) is 14.6. The number of likely N-dealkylation sites (N-methyl/N-ethyl adjacent to an activating group) is 2. The summed E-state index contributed by atoms with van der Waals surface area (Å²) in [6.07, 6.45) is 1.18. The van der Waals surface area contributed by atoms with Gasteiger partial charge in [-0.15, -0.1) is 0 Å². The standard InChI is InChI=1S/C13H22N4OS/c1-16-5-4-6-17(2)11(8-16)13-14-10(9-18-3)7-12(19)15-13/h7,11H,4-6,8-9H2,1-3H3,(H,14,15,19). The third-order valence-electron chi connectivity index (χ3n) is 3.50. The van der Waals surface area contributed by atoms with Crippen LogP contribution in [0.15, 0.2) is 6.07 Å². The van der Waals surface area contributed by atoms with Crippen molar-refractivity contribution in [2.24, 2.45) is 0 Å². The van der Waals surface area contributed by atoms with E-state index in [2.05, 4.69) is 33.9 Å². The van der Waals surface area contributed by atoms with Gasteiger partial charge in [-0.25, -0.2) is 4.98 Å². The maximum absolute atomic E-state index is 5.25. The number of nitrogens with zero attached hydrogens (tertiary/aromatic N) is 3. The Morgan fingerprint density at radius 1 is 1.47 bits per heavy atom. The molecule has 1 aliphatic rings. The molecule has 0 amide bonds. The van der Waals surface area contributed by atoms with Crippen molar-refractivity contribution in [3.63, 3.8) is 0 Å². The van der Waals surface area contributed by atoms with E-state index in [0.717, 1.165) is 31.2 Å². The minimum Gasteiger partial charge on any atom is -0.378 e. The Bertz CT molecular complexity index is 476. The van der Waals surface area contributed by atoms with E-state index in [-0.39, 0.29) is 6.04 Å². The van der Waals surface area contributed by atoms with Gasteiger partial charge in [-0.1, -0.05) is 12.2 Å². The van der Waals surface area contributed by atoms with Gasteiger partial charge in [0.25, 0.3) is 0 Å². The van der Waals surface area contributed by atoms with Crippen molar-refractivity contribution >= 4 is 12.2 Å². The van der Waals surface area contributed by atoms with Crippen molar-refractivity contribution in [2.45, 2.75) is 19.1 Å². The summed E-state index contributed by atoms with van der Waals surface area (Å²) in [5.41, 5.74) is 0.984. The lowest BCUT2D eigenvalue weighted by molar-refractivity contribution is 0.179. The molecule has 106 valence electrons. The average molecular weight is 282 g/mol. The van der Waals surface area contributed by atoms with Crippen LogP contribution in [0.25, 0.3) is 0 Å². The second kappa shape index (κ2) is 6.56. The minimum atomic E-state index is 0.256. The molecule has 2 heterocycles. The number of aromatic nitrogens is 2. The first-order chi connectivity index (χ1) is 9.10. The molecule has 1 N–H and O–H groups in total. The SMILES string of the molecule is COCc1cc(=S)nc(C2CN(C)CCCN2C)[nH]1. The van der Waals surface area contributed by atoms with Gasteiger partial charge in [0.2, 0.25) is 0 Å². The van der Waals surface area contributed by atoms with Gasteiger partial charge in [-0.05, 0) is 39.7 Å². The van der Waals surface area contributed by atoms with E-state index in [1.54, 1.807) is 7.11 Å². The fourth-order valence-corrected chi connectivity index (χ4v) is 2.73. The Morgan fingerprint density at radius 3 is 3.00 bits per heavy atom. The zero-order chi connectivity index (χ0) is 13.8. The van der Waals surface area contributed by atoms with Crippen molar-refractivity contribution in [3.05, 3.63) is 22.2 Å². The summed E-state index contributed by atoms with van der Waals surface area (Å²) >= 11 is 5.25. The minimum absolute atomic E-state index is 0.256. The molecule has 0 aromatic carbocycles. The quantitative estimate of drug-likeness (QED) is 0.853. The van der Waals surface area contributed by atoms with E-state index in [1.165, 1.54) is 6.42 Å². The van der Waals surface area contributed by atoms with E-state index in [9.17, 15) is 0 Å². The fraction of sp³-hybridized carbons (Fsp3) is 0.692. The lowest BCUT2D eigenvalue weighted by Gasteiger charge is -2.26. The summed E-state index contributed by atoms with van der Waals surface area (Å²) in [5.74, 6) is 0.941. The van der Waals surface area contributed by atoms with Crippen molar-refractivity contribution < 1.29 is 4.74 Å². The summed E-state index contributed by atoms with van der Waals surface area (Å²) in [5, 5.41) is 0. The molecule has 1 atom stereocenters. The topological polar surface area (TPSA) is 44.4 Å². The maximum Gasteiger partial charge on any atom is 0.130 e. The summed E-state index contributed by atoms with van der Waals surface area (Å²) in [6.45, 7) is 3.70. The number of aromatic amines is 1. The predicted molar refractivity (Wildman–Crippen MR) is 77.6 cm³/mol. The first-order valence-corrected chi connectivity index (χ1v) is 6.99. The van der Waals surface area contributed by atoms with Gasteiger partial charge in [-0.2, -0.15) is 0 Å². The van der Waals surface area contributed by atoms with Gasteiger partial charge >= 0.3 is 0 Å². The van der Waals surface area contributed by atoms with Gasteiger partial charge in [-0.3, -0.25) is 4.90 Å². The highest BCUT2D eigenvalue weighted by molar-refractivity contribution is 7.71. The van der Waals surface area contributed by atoms with E-state index < -0.39 is 0 Å². The molecule has 0 spiro atoms. The highest BCUT2D eigenvalue weighted by Crippen LogP contribution is 2.20. The summed E-state index contributed by atoms with van der Waals surface area (Å²) in [4.78, 5) is 12.5. The van der Waals surface area contributed by atoms with Crippen molar-refractivity contribution in [1.29, 1.82) is 0 Å². The smallest absolute Gasteiger partial charge is 0.130 e. The van der Waals surface area contributed by atoms with Crippen LogP contribution in [0.3, 0.4) is 0 Å². The normalized spacial score (nSPS) is 22.4. The number of H-pyrrole nitrogens is 1. The molecule has 1 saturated heterocycles. The number of rotatable bonds is 3. The Kier molecular flexibility index (Phi) is 5.04. The molecule has 1 fully saturated rings. The lowest BCUT2D eigenvalue weighted by Crippen LogP contribution is -2.32. The van der Waals surface area contributed by atoms with Crippen LogP contribution in [0.1, 0.15) is 24.0 Å². The Morgan fingerprint density at radius 2 is 2.26 bits per heavy atom. The molecule has 6 heteroatoms. The van der Waals surface area contributed by atoms with Crippen LogP contribution in [0, 0.1) is 4.64 Å². The number of hydrogen-bond donors (Lipinski definition) is 1.